The first-order valence-electron chi connectivity index (χ1n) is 2.48. The number of rotatable bonds is 0. The molecule has 0 fully saturated rings. The maximum Gasteiger partial charge on any atom is 0.172 e. The Balaban J connectivity index is 3.20. The van der Waals surface area contributed by atoms with E-state index in [1.807, 2.05) is 0 Å². The van der Waals surface area contributed by atoms with Gasteiger partial charge < -0.3 is 5.73 Å². The van der Waals surface area contributed by atoms with Crippen LogP contribution in [0.4, 0.5) is 5.82 Å². The molecule has 0 saturated heterocycles. The maximum absolute atomic E-state index is 5.50. The van der Waals surface area contributed by atoms with E-state index < -0.39 is 0 Å². The molecule has 3 nitrogen and oxygen atoms in total. The van der Waals surface area contributed by atoms with Gasteiger partial charge in [-0.25, -0.2) is 9.97 Å². The molecule has 10 heavy (non-hydrogen) atoms. The minimum Gasteiger partial charge on any atom is -0.381 e. The van der Waals surface area contributed by atoms with Crippen LogP contribution in [0.5, 0.6) is 0 Å². The van der Waals surface area contributed by atoms with E-state index in [0.29, 0.717) is 5.69 Å². The molecule has 0 bridgehead atoms. The summed E-state index contributed by atoms with van der Waals surface area (Å²) < 4.78 is 0. The minimum atomic E-state index is 0.149. The van der Waals surface area contributed by atoms with Crippen LogP contribution in [0.3, 0.4) is 0 Å². The highest BCUT2D eigenvalue weighted by atomic mass is 35.5. The number of nitrogens with two attached hydrogens (primary N) is 1. The molecule has 4 heteroatoms. The van der Waals surface area contributed by atoms with Gasteiger partial charge in [-0.1, -0.05) is 11.6 Å². The molecule has 0 unspecified atom stereocenters. The second kappa shape index (κ2) is 2.54. The minimum absolute atomic E-state index is 0.149. The van der Waals surface area contributed by atoms with Crippen molar-refractivity contribution in [1.82, 2.24) is 9.97 Å². The van der Waals surface area contributed by atoms with Crippen molar-refractivity contribution in [3.05, 3.63) is 17.0 Å². The van der Waals surface area contributed by atoms with E-state index in [1.54, 1.807) is 0 Å². The lowest BCUT2D eigenvalue weighted by Gasteiger charge is -1.93. The molecule has 0 amide bonds. The molecule has 50 valence electrons. The van der Waals surface area contributed by atoms with Crippen LogP contribution in [-0.4, -0.2) is 9.97 Å². The summed E-state index contributed by atoms with van der Waals surface area (Å²) >= 11 is 5.50. The van der Waals surface area contributed by atoms with Gasteiger partial charge in [0.1, 0.15) is 5.69 Å². The van der Waals surface area contributed by atoms with Gasteiger partial charge in [-0.05, 0) is 5.92 Å². The topological polar surface area (TPSA) is 51.8 Å². The third-order valence-corrected chi connectivity index (χ3v) is 1.18. The Kier molecular flexibility index (Phi) is 1.74. The Morgan fingerprint density at radius 2 is 2.40 bits per heavy atom. The van der Waals surface area contributed by atoms with Crippen LogP contribution in [0.25, 0.3) is 0 Å². The first-order chi connectivity index (χ1) is 4.74. The fraction of sp³-hybridized carbons (Fsp3) is 0. The lowest BCUT2D eigenvalue weighted by molar-refractivity contribution is 1.18. The Hall–Kier alpha value is -1.27. The summed E-state index contributed by atoms with van der Waals surface area (Å²) in [5, 5.41) is 0.149. The molecule has 0 aliphatic rings. The highest BCUT2D eigenvalue weighted by Crippen LogP contribution is 2.10. The van der Waals surface area contributed by atoms with E-state index >= 15 is 0 Å². The molecule has 0 aliphatic heterocycles. The average Bonchev–Trinajstić information content (AvgIpc) is 1.95. The van der Waals surface area contributed by atoms with Gasteiger partial charge in [-0.15, -0.1) is 6.42 Å². The highest BCUT2D eigenvalue weighted by molar-refractivity contribution is 6.31. The zero-order chi connectivity index (χ0) is 7.56. The van der Waals surface area contributed by atoms with Crippen LogP contribution in [-0.2, 0) is 0 Å². The summed E-state index contributed by atoms with van der Waals surface area (Å²) in [6.07, 6.45) is 6.41. The molecule has 2 N–H and O–H groups in total. The molecule has 0 radical (unpaired) electrons. The van der Waals surface area contributed by atoms with Crippen molar-refractivity contribution in [3.63, 3.8) is 0 Å². The monoisotopic (exact) mass is 153 g/mol. The van der Waals surface area contributed by atoms with Crippen LogP contribution in [0, 0.1) is 12.3 Å². The quantitative estimate of drug-likeness (QED) is 0.558. The van der Waals surface area contributed by atoms with Crippen LogP contribution in [0.1, 0.15) is 5.69 Å². The van der Waals surface area contributed by atoms with Crippen molar-refractivity contribution >= 4 is 17.4 Å². The summed E-state index contributed by atoms with van der Waals surface area (Å²) in [7, 11) is 0. The van der Waals surface area contributed by atoms with Gasteiger partial charge in [-0.2, -0.15) is 0 Å². The van der Waals surface area contributed by atoms with Crippen LogP contribution >= 0.6 is 11.6 Å². The number of terminal acetylenes is 1. The van der Waals surface area contributed by atoms with Crippen molar-refractivity contribution in [1.29, 1.82) is 0 Å². The van der Waals surface area contributed by atoms with Gasteiger partial charge in [0, 0.05) is 0 Å². The van der Waals surface area contributed by atoms with Gasteiger partial charge in [0.2, 0.25) is 0 Å². The number of aromatic nitrogens is 2. The van der Waals surface area contributed by atoms with Crippen LogP contribution in [0.15, 0.2) is 6.20 Å². The Morgan fingerprint density at radius 1 is 1.70 bits per heavy atom. The Labute approximate surface area is 63.2 Å². The number of anilines is 1. The van der Waals surface area contributed by atoms with Gasteiger partial charge >= 0.3 is 0 Å². The van der Waals surface area contributed by atoms with E-state index in [1.165, 1.54) is 6.20 Å². The summed E-state index contributed by atoms with van der Waals surface area (Å²) in [4.78, 5) is 7.42. The first-order valence-corrected chi connectivity index (χ1v) is 2.86. The van der Waals surface area contributed by atoms with Crippen molar-refractivity contribution in [3.8, 4) is 12.3 Å². The molecule has 0 atom stereocenters. The van der Waals surface area contributed by atoms with Gasteiger partial charge in [0.15, 0.2) is 11.0 Å². The molecule has 0 aliphatic carbocycles. The summed E-state index contributed by atoms with van der Waals surface area (Å²) in [5.41, 5.74) is 5.66. The molecule has 0 spiro atoms. The number of hydrogen-bond acceptors (Lipinski definition) is 3. The second-order valence-electron chi connectivity index (χ2n) is 1.58. The van der Waals surface area contributed by atoms with E-state index in [-0.39, 0.29) is 11.0 Å². The second-order valence-corrected chi connectivity index (χ2v) is 1.93. The molecule has 0 aromatic carbocycles. The van der Waals surface area contributed by atoms with Gasteiger partial charge in [0.25, 0.3) is 0 Å². The van der Waals surface area contributed by atoms with E-state index in [4.69, 9.17) is 23.8 Å². The Morgan fingerprint density at radius 3 is 2.90 bits per heavy atom. The van der Waals surface area contributed by atoms with Crippen LogP contribution < -0.4 is 5.73 Å². The predicted octanol–water partition coefficient (Wildman–Crippen LogP) is 0.694. The zero-order valence-electron chi connectivity index (χ0n) is 5.00. The maximum atomic E-state index is 5.50. The highest BCUT2D eigenvalue weighted by Gasteiger charge is 1.97. The Bertz CT molecular complexity index is 290. The SMILES string of the molecule is C#Cc1cnc(N)c(Cl)n1. The normalized spacial score (nSPS) is 8.80. The number of halogens is 1. The predicted molar refractivity (Wildman–Crippen MR) is 39.4 cm³/mol. The molecule has 1 aromatic heterocycles. The molecule has 0 saturated carbocycles. The third-order valence-electron chi connectivity index (χ3n) is 0.904. The van der Waals surface area contributed by atoms with Crippen LogP contribution in [0.2, 0.25) is 5.15 Å². The first kappa shape index (κ1) is 6.84. The van der Waals surface area contributed by atoms with Crippen molar-refractivity contribution in [2.24, 2.45) is 0 Å². The van der Waals surface area contributed by atoms with E-state index in [0.717, 1.165) is 0 Å². The standard InChI is InChI=1S/C6H4ClN3/c1-2-4-3-9-6(8)5(7)10-4/h1,3H,(H2,8,9). The number of nitrogen functional groups attached to an aromatic ring is 1. The third kappa shape index (κ3) is 1.17. The van der Waals surface area contributed by atoms with Crippen molar-refractivity contribution in [2.75, 3.05) is 5.73 Å². The number of hydrogen-bond donors (Lipinski definition) is 1. The zero-order valence-corrected chi connectivity index (χ0v) is 5.76. The van der Waals surface area contributed by atoms with Gasteiger partial charge in [0.05, 0.1) is 6.20 Å². The molecule has 1 aromatic rings. The van der Waals surface area contributed by atoms with E-state index in [9.17, 15) is 0 Å². The molecular formula is C6H4ClN3. The smallest absolute Gasteiger partial charge is 0.172 e. The van der Waals surface area contributed by atoms with Crippen molar-refractivity contribution in [2.45, 2.75) is 0 Å². The summed E-state index contributed by atoms with van der Waals surface area (Å²) in [6.45, 7) is 0. The van der Waals surface area contributed by atoms with Crippen molar-refractivity contribution < 1.29 is 0 Å². The summed E-state index contributed by atoms with van der Waals surface area (Å²) in [6, 6.07) is 0. The summed E-state index contributed by atoms with van der Waals surface area (Å²) in [5.74, 6) is 2.48. The lowest BCUT2D eigenvalue weighted by atomic mass is 10.5. The largest absolute Gasteiger partial charge is 0.381 e. The molecule has 1 rings (SSSR count). The average molecular weight is 154 g/mol. The fourth-order valence-electron chi connectivity index (χ4n) is 0.445. The molecule has 1 heterocycles. The van der Waals surface area contributed by atoms with E-state index in [2.05, 4.69) is 15.9 Å². The number of nitrogens with zero attached hydrogens (tertiary/aromatic N) is 2. The van der Waals surface area contributed by atoms with Gasteiger partial charge in [-0.3, -0.25) is 0 Å². The lowest BCUT2D eigenvalue weighted by Crippen LogP contribution is -1.94. The fourth-order valence-corrected chi connectivity index (χ4v) is 0.585. The molecular weight excluding hydrogens is 150 g/mol.